The molecule has 3 fully saturated rings. The summed E-state index contributed by atoms with van der Waals surface area (Å²) in [5.74, 6) is 0. The third-order valence-corrected chi connectivity index (χ3v) is 11.8. The average molecular weight is 881 g/mol. The van der Waals surface area contributed by atoms with Crippen molar-refractivity contribution in [3.63, 3.8) is 0 Å². The molecule has 6 aromatic rings. The summed E-state index contributed by atoms with van der Waals surface area (Å²) in [4.78, 5) is 0. The summed E-state index contributed by atoms with van der Waals surface area (Å²) < 4.78 is 67.4. The van der Waals surface area contributed by atoms with Crippen LogP contribution in [0.2, 0.25) is 0 Å². The van der Waals surface area contributed by atoms with Crippen molar-refractivity contribution < 1.29 is 52.5 Å². The molecule has 11 heteroatoms. The van der Waals surface area contributed by atoms with E-state index in [4.69, 9.17) is 47.4 Å². The topological polar surface area (TPSA) is 113 Å². The second-order valence-electron chi connectivity index (χ2n) is 16.4. The lowest BCUT2D eigenvalue weighted by Crippen LogP contribution is -2.67. The van der Waals surface area contributed by atoms with Crippen molar-refractivity contribution in [2.75, 3.05) is 13.2 Å². The van der Waals surface area contributed by atoms with Gasteiger partial charge in [-0.3, -0.25) is 0 Å². The minimum absolute atomic E-state index is 0.0560. The maximum atomic E-state index is 11.8. The Morgan fingerprint density at radius 1 is 0.431 bits per heavy atom. The monoisotopic (exact) mass is 880 g/mol. The molecule has 3 aliphatic rings. The third kappa shape index (κ3) is 12.0. The van der Waals surface area contributed by atoms with Crippen molar-refractivity contribution in [1.29, 1.82) is 0 Å². The molecule has 0 amide bonds. The first kappa shape index (κ1) is 45.1. The first-order valence-corrected chi connectivity index (χ1v) is 22.3. The molecule has 0 aromatic heterocycles. The van der Waals surface area contributed by atoms with Crippen LogP contribution < -0.4 is 0 Å². The van der Waals surface area contributed by atoms with E-state index in [1.807, 2.05) is 182 Å². The number of hydrogen-bond donors (Lipinski definition) is 1. The Bertz CT molecular complexity index is 2260. The van der Waals surface area contributed by atoms with E-state index in [0.717, 1.165) is 33.4 Å². The molecule has 0 radical (unpaired) electrons. The van der Waals surface area contributed by atoms with E-state index in [2.05, 4.69) is 0 Å². The fourth-order valence-electron chi connectivity index (χ4n) is 8.45. The molecule has 0 saturated carbocycles. The highest BCUT2D eigenvalue weighted by molar-refractivity contribution is 5.19. The van der Waals surface area contributed by atoms with Gasteiger partial charge in [-0.2, -0.15) is 0 Å². The van der Waals surface area contributed by atoms with Crippen LogP contribution in [-0.2, 0) is 80.4 Å². The lowest BCUT2D eigenvalue weighted by molar-refractivity contribution is -0.396. The van der Waals surface area contributed by atoms with Crippen molar-refractivity contribution in [3.05, 3.63) is 215 Å². The predicted molar refractivity (Wildman–Crippen MR) is 241 cm³/mol. The molecule has 11 nitrogen and oxygen atoms in total. The molecule has 1 N–H and O–H groups in total. The second-order valence-corrected chi connectivity index (χ2v) is 16.4. The minimum Gasteiger partial charge on any atom is -0.374 e. The zero-order valence-corrected chi connectivity index (χ0v) is 36.2. The molecule has 3 saturated heterocycles. The number of fused-ring (bicyclic) bond motifs is 1. The van der Waals surface area contributed by atoms with Gasteiger partial charge < -0.3 is 52.5 Å². The highest BCUT2D eigenvalue weighted by Gasteiger charge is 2.55. The molecule has 65 heavy (non-hydrogen) atoms. The number of ether oxygens (including phenoxy) is 10. The van der Waals surface area contributed by atoms with Crippen molar-refractivity contribution in [1.82, 2.24) is 0 Å². The summed E-state index contributed by atoms with van der Waals surface area (Å²) in [7, 11) is 0. The van der Waals surface area contributed by atoms with Gasteiger partial charge >= 0.3 is 0 Å². The maximum Gasteiger partial charge on any atom is 0.187 e. The van der Waals surface area contributed by atoms with Crippen LogP contribution in [-0.4, -0.2) is 79.7 Å². The van der Waals surface area contributed by atoms with E-state index in [-0.39, 0.29) is 39.6 Å². The smallest absolute Gasteiger partial charge is 0.187 e. The van der Waals surface area contributed by atoms with Crippen LogP contribution in [0.5, 0.6) is 0 Å². The fourth-order valence-corrected chi connectivity index (χ4v) is 8.45. The van der Waals surface area contributed by atoms with Crippen LogP contribution in [0.4, 0.5) is 0 Å². The highest BCUT2D eigenvalue weighted by Crippen LogP contribution is 2.39. The molecule has 338 valence electrons. The molecule has 0 spiro atoms. The van der Waals surface area contributed by atoms with E-state index >= 15 is 0 Å². The van der Waals surface area contributed by atoms with E-state index in [1.54, 1.807) is 0 Å². The first-order chi connectivity index (χ1) is 32.1. The Kier molecular flexibility index (Phi) is 15.8. The molecule has 6 aromatic carbocycles. The minimum atomic E-state index is -1.39. The van der Waals surface area contributed by atoms with Crippen molar-refractivity contribution >= 4 is 0 Å². The van der Waals surface area contributed by atoms with Gasteiger partial charge in [0.2, 0.25) is 0 Å². The first-order valence-electron chi connectivity index (χ1n) is 22.3. The van der Waals surface area contributed by atoms with Crippen molar-refractivity contribution in [2.45, 2.75) is 101 Å². The van der Waals surface area contributed by atoms with E-state index < -0.39 is 67.7 Å². The number of aliphatic hydroxyl groups is 1. The Hall–Kier alpha value is -5.12. The fraction of sp³-hybridized carbons (Fsp3) is 0.333. The molecule has 0 bridgehead atoms. The summed E-state index contributed by atoms with van der Waals surface area (Å²) in [5, 5.41) is 11.8. The molecular weight excluding hydrogens is 825 g/mol. The van der Waals surface area contributed by atoms with Gasteiger partial charge in [-0.15, -0.1) is 0 Å². The Balaban J connectivity index is 1.07. The highest BCUT2D eigenvalue weighted by atomic mass is 16.8. The van der Waals surface area contributed by atoms with Crippen molar-refractivity contribution in [2.24, 2.45) is 0 Å². The van der Waals surface area contributed by atoms with Gasteiger partial charge in [0, 0.05) is 5.56 Å². The predicted octanol–water partition coefficient (Wildman–Crippen LogP) is 8.49. The number of rotatable bonds is 19. The van der Waals surface area contributed by atoms with Crippen LogP contribution in [0, 0.1) is 0 Å². The van der Waals surface area contributed by atoms with Gasteiger partial charge in [0.15, 0.2) is 18.9 Å². The lowest BCUT2D eigenvalue weighted by Gasteiger charge is -2.51. The summed E-state index contributed by atoms with van der Waals surface area (Å²) in [5.41, 5.74) is 5.67. The van der Waals surface area contributed by atoms with Crippen LogP contribution in [0.3, 0.4) is 0 Å². The van der Waals surface area contributed by atoms with E-state index in [1.165, 1.54) is 0 Å². The van der Waals surface area contributed by atoms with Crippen molar-refractivity contribution in [3.8, 4) is 0 Å². The SMILES string of the molecule is OC1O[C@H](COCc2ccccc2)[C@@H](O[C@@H]2O[C@@H]3COC(c4ccccc4)O[C@H]3[C@H](OCc3ccccc3)[C@H]2OCc2ccccc2)[C@H](OCc2ccccc2)[C@H]1OCc1ccccc1. The number of aliphatic hydroxyl groups excluding tert-OH is 1. The van der Waals surface area contributed by atoms with Crippen LogP contribution >= 0.6 is 0 Å². The zero-order valence-electron chi connectivity index (χ0n) is 36.2. The summed E-state index contributed by atoms with van der Waals surface area (Å²) in [6.07, 6.45) is -9.50. The summed E-state index contributed by atoms with van der Waals surface area (Å²) >= 11 is 0. The maximum absolute atomic E-state index is 11.8. The largest absolute Gasteiger partial charge is 0.374 e. The summed E-state index contributed by atoms with van der Waals surface area (Å²) in [6.45, 7) is 1.47. The average Bonchev–Trinajstić information content (AvgIpc) is 3.36. The van der Waals surface area contributed by atoms with Gasteiger partial charge in [-0.05, 0) is 27.8 Å². The number of benzene rings is 6. The molecule has 0 aliphatic carbocycles. The standard InChI is InChI=1S/C54H56O11/c55-52-50(59-34-41-25-13-4-14-26-41)48(57-32-39-21-9-2-10-22-39)46(44(62-52)36-56-31-38-19-7-1-8-20-38)65-54-51(60-35-42-27-15-5-16-28-42)49(58-33-40-23-11-3-12-24-40)47-45(63-54)37-61-53(64-47)43-29-17-6-18-30-43/h1-30,44-55H,31-37H2/t44-,45-,46-,47-,48+,49+,50-,51-,52?,53?,54+/m1/s1. The second kappa shape index (κ2) is 22.9. The quantitative estimate of drug-likeness (QED) is 0.0846. The van der Waals surface area contributed by atoms with Gasteiger partial charge in [0.25, 0.3) is 0 Å². The third-order valence-electron chi connectivity index (χ3n) is 11.8. The van der Waals surface area contributed by atoms with Crippen LogP contribution in [0.15, 0.2) is 182 Å². The van der Waals surface area contributed by atoms with Crippen LogP contribution in [0.25, 0.3) is 0 Å². The number of hydrogen-bond acceptors (Lipinski definition) is 11. The molecule has 2 unspecified atom stereocenters. The zero-order chi connectivity index (χ0) is 44.0. The normalized spacial score (nSPS) is 27.7. The molecular formula is C54H56O11. The van der Waals surface area contributed by atoms with Gasteiger partial charge in [0.05, 0.1) is 46.2 Å². The Morgan fingerprint density at radius 2 is 0.862 bits per heavy atom. The molecule has 3 heterocycles. The van der Waals surface area contributed by atoms with E-state index in [0.29, 0.717) is 6.61 Å². The summed E-state index contributed by atoms with van der Waals surface area (Å²) in [6, 6.07) is 59.3. The van der Waals surface area contributed by atoms with Gasteiger partial charge in [0.1, 0.15) is 48.8 Å². The van der Waals surface area contributed by atoms with E-state index in [9.17, 15) is 5.11 Å². The molecule has 11 atom stereocenters. The van der Waals surface area contributed by atoms with Gasteiger partial charge in [-0.25, -0.2) is 0 Å². The molecule has 9 rings (SSSR count). The lowest BCUT2D eigenvalue weighted by atomic mass is 9.95. The molecule has 3 aliphatic heterocycles. The van der Waals surface area contributed by atoms with Gasteiger partial charge in [-0.1, -0.05) is 182 Å². The van der Waals surface area contributed by atoms with Crippen LogP contribution in [0.1, 0.15) is 39.7 Å². The Morgan fingerprint density at radius 3 is 1.37 bits per heavy atom. The Labute approximate surface area is 380 Å².